The molecule has 2 N–H and O–H groups in total. The number of hydrogen-bond acceptors (Lipinski definition) is 2. The smallest absolute Gasteiger partial charge is 0.0562 e. The summed E-state index contributed by atoms with van der Waals surface area (Å²) < 4.78 is 1.95. The maximum Gasteiger partial charge on any atom is 0.0562 e. The second kappa shape index (κ2) is 4.62. The lowest BCUT2D eigenvalue weighted by Gasteiger charge is -2.20. The average molecular weight is 205 g/mol. The Kier molecular flexibility index (Phi) is 3.21. The molecule has 2 rings (SSSR count). The summed E-state index contributed by atoms with van der Waals surface area (Å²) in [6, 6.07) is 0.367. The van der Waals surface area contributed by atoms with Crippen molar-refractivity contribution in [1.29, 1.82) is 0 Å². The lowest BCUT2D eigenvalue weighted by molar-refractivity contribution is 0.520. The van der Waals surface area contributed by atoms with Crippen molar-refractivity contribution in [3.8, 4) is 0 Å². The molecule has 0 saturated heterocycles. The van der Waals surface area contributed by atoms with Gasteiger partial charge in [0.1, 0.15) is 0 Å². The first kappa shape index (κ1) is 10.4. The normalized spacial score (nSPS) is 24.7. The van der Waals surface area contributed by atoms with E-state index in [-0.39, 0.29) is 0 Å². The minimum absolute atomic E-state index is 0.367. The predicted octanol–water partition coefficient (Wildman–Crippen LogP) is 2.19. The van der Waals surface area contributed by atoms with Gasteiger partial charge >= 0.3 is 0 Å². The number of nitrogens with two attached hydrogens (primary N) is 1. The summed E-state index contributed by atoms with van der Waals surface area (Å²) in [6.07, 6.45) is 10.9. The fourth-order valence-electron chi connectivity index (χ4n) is 2.13. The molecule has 1 fully saturated rings. The van der Waals surface area contributed by atoms with Gasteiger partial charge in [0.2, 0.25) is 0 Å². The van der Waals surface area contributed by atoms with Crippen molar-refractivity contribution in [1.82, 2.24) is 9.78 Å². The monoisotopic (exact) mass is 205 g/mol. The van der Waals surface area contributed by atoms with Crippen LogP contribution in [-0.4, -0.2) is 15.8 Å². The zero-order chi connectivity index (χ0) is 10.7. The van der Waals surface area contributed by atoms with Crippen LogP contribution in [0.3, 0.4) is 0 Å². The van der Waals surface area contributed by atoms with Crippen LogP contribution in [-0.2, 0) is 6.54 Å². The van der Waals surface area contributed by atoms with Gasteiger partial charge < -0.3 is 5.73 Å². The first-order valence-corrected chi connectivity index (χ1v) is 5.75. The van der Waals surface area contributed by atoms with E-state index in [4.69, 9.17) is 5.73 Å². The first-order valence-electron chi connectivity index (χ1n) is 5.75. The Morgan fingerprint density at radius 3 is 3.20 bits per heavy atom. The molecule has 0 amide bonds. The first-order chi connectivity index (χ1) is 7.28. The van der Waals surface area contributed by atoms with E-state index in [0.29, 0.717) is 6.04 Å². The number of aryl methyl sites for hydroxylation is 1. The van der Waals surface area contributed by atoms with Crippen LogP contribution in [0.2, 0.25) is 0 Å². The van der Waals surface area contributed by atoms with Crippen LogP contribution < -0.4 is 5.73 Å². The van der Waals surface area contributed by atoms with Crippen molar-refractivity contribution in [2.24, 2.45) is 5.73 Å². The minimum atomic E-state index is 0.367. The molecular formula is C12H19N3. The molecule has 0 bridgehead atoms. The molecule has 15 heavy (non-hydrogen) atoms. The highest BCUT2D eigenvalue weighted by Crippen LogP contribution is 2.24. The van der Waals surface area contributed by atoms with Gasteiger partial charge in [-0.2, -0.15) is 5.10 Å². The molecule has 1 unspecified atom stereocenters. The van der Waals surface area contributed by atoms with Gasteiger partial charge in [0.15, 0.2) is 0 Å². The molecule has 1 aliphatic rings. The third kappa shape index (κ3) is 2.69. The number of rotatable bonds is 2. The predicted molar refractivity (Wildman–Crippen MR) is 62.3 cm³/mol. The Balaban J connectivity index is 2.07. The van der Waals surface area contributed by atoms with E-state index in [9.17, 15) is 0 Å². The number of hydrogen-bond donors (Lipinski definition) is 1. The summed E-state index contributed by atoms with van der Waals surface area (Å²) in [4.78, 5) is 0. The third-order valence-corrected chi connectivity index (χ3v) is 2.95. The van der Waals surface area contributed by atoms with Gasteiger partial charge in [0.25, 0.3) is 0 Å². The van der Waals surface area contributed by atoms with Crippen molar-refractivity contribution in [3.05, 3.63) is 23.5 Å². The summed E-state index contributed by atoms with van der Waals surface area (Å²) in [5.41, 5.74) is 8.63. The van der Waals surface area contributed by atoms with Crippen molar-refractivity contribution < 1.29 is 0 Å². The highest BCUT2D eigenvalue weighted by Gasteiger charge is 2.12. The Labute approximate surface area is 91.0 Å². The molecule has 0 spiro atoms. The average Bonchev–Trinajstić information content (AvgIpc) is 2.65. The zero-order valence-electron chi connectivity index (χ0n) is 9.32. The topological polar surface area (TPSA) is 43.8 Å². The fraction of sp³-hybridized carbons (Fsp3) is 0.583. The van der Waals surface area contributed by atoms with Gasteiger partial charge in [-0.15, -0.1) is 0 Å². The molecule has 1 atom stereocenters. The lowest BCUT2D eigenvalue weighted by Crippen LogP contribution is -2.23. The molecule has 1 aromatic rings. The Hall–Kier alpha value is -1.09. The molecule has 0 radical (unpaired) electrons. The molecule has 3 nitrogen and oxygen atoms in total. The minimum Gasteiger partial charge on any atom is -0.327 e. The molecule has 1 aromatic heterocycles. The SMILES string of the molecule is CCn1cc(C=C2CCCC(N)C2)cn1. The maximum atomic E-state index is 5.95. The van der Waals surface area contributed by atoms with E-state index >= 15 is 0 Å². The van der Waals surface area contributed by atoms with Crippen molar-refractivity contribution in [2.75, 3.05) is 0 Å². The molecule has 1 heterocycles. The van der Waals surface area contributed by atoms with Gasteiger partial charge in [-0.05, 0) is 32.6 Å². The van der Waals surface area contributed by atoms with Gasteiger partial charge in [-0.1, -0.05) is 11.6 Å². The highest BCUT2D eigenvalue weighted by atomic mass is 15.3. The van der Waals surface area contributed by atoms with E-state index in [0.717, 1.165) is 13.0 Å². The van der Waals surface area contributed by atoms with E-state index in [1.54, 1.807) is 0 Å². The fourth-order valence-corrected chi connectivity index (χ4v) is 2.13. The van der Waals surface area contributed by atoms with Crippen molar-refractivity contribution in [3.63, 3.8) is 0 Å². The van der Waals surface area contributed by atoms with Crippen molar-refractivity contribution in [2.45, 2.75) is 45.2 Å². The molecular weight excluding hydrogens is 186 g/mol. The van der Waals surface area contributed by atoms with Crippen LogP contribution in [0.4, 0.5) is 0 Å². The zero-order valence-corrected chi connectivity index (χ0v) is 9.32. The molecule has 0 aromatic carbocycles. The molecule has 82 valence electrons. The number of aromatic nitrogens is 2. The Bertz CT molecular complexity index is 352. The largest absolute Gasteiger partial charge is 0.327 e. The van der Waals surface area contributed by atoms with Crippen LogP contribution >= 0.6 is 0 Å². The lowest BCUT2D eigenvalue weighted by atomic mass is 9.90. The van der Waals surface area contributed by atoms with E-state index < -0.39 is 0 Å². The molecule has 0 aliphatic heterocycles. The standard InChI is InChI=1S/C12H19N3/c1-2-15-9-11(8-14-15)6-10-4-3-5-12(13)7-10/h6,8-9,12H,2-5,7,13H2,1H3. The Morgan fingerprint density at radius 1 is 1.67 bits per heavy atom. The van der Waals surface area contributed by atoms with E-state index in [1.807, 2.05) is 10.9 Å². The second-order valence-electron chi connectivity index (χ2n) is 4.29. The van der Waals surface area contributed by atoms with E-state index in [2.05, 4.69) is 24.3 Å². The van der Waals surface area contributed by atoms with Gasteiger partial charge in [-0.3, -0.25) is 4.68 Å². The number of nitrogens with zero attached hydrogens (tertiary/aromatic N) is 2. The van der Waals surface area contributed by atoms with Crippen LogP contribution in [0.1, 0.15) is 38.2 Å². The van der Waals surface area contributed by atoms with E-state index in [1.165, 1.54) is 30.4 Å². The maximum absolute atomic E-state index is 5.95. The third-order valence-electron chi connectivity index (χ3n) is 2.95. The Morgan fingerprint density at radius 2 is 2.53 bits per heavy atom. The van der Waals surface area contributed by atoms with Crippen molar-refractivity contribution >= 4 is 6.08 Å². The molecule has 1 saturated carbocycles. The molecule has 1 aliphatic carbocycles. The summed E-state index contributed by atoms with van der Waals surface area (Å²) in [6.45, 7) is 3.03. The molecule has 3 heteroatoms. The quantitative estimate of drug-likeness (QED) is 0.804. The van der Waals surface area contributed by atoms with Gasteiger partial charge in [0, 0.05) is 24.3 Å². The summed E-state index contributed by atoms with van der Waals surface area (Å²) in [5, 5.41) is 4.26. The van der Waals surface area contributed by atoms with Crippen LogP contribution in [0, 0.1) is 0 Å². The van der Waals surface area contributed by atoms with Gasteiger partial charge in [-0.25, -0.2) is 0 Å². The summed E-state index contributed by atoms with van der Waals surface area (Å²) >= 11 is 0. The van der Waals surface area contributed by atoms with Gasteiger partial charge in [0.05, 0.1) is 6.20 Å². The highest BCUT2D eigenvalue weighted by molar-refractivity contribution is 5.51. The van der Waals surface area contributed by atoms with Crippen LogP contribution in [0.25, 0.3) is 6.08 Å². The summed E-state index contributed by atoms with van der Waals surface area (Å²) in [5.74, 6) is 0. The summed E-state index contributed by atoms with van der Waals surface area (Å²) in [7, 11) is 0. The second-order valence-corrected chi connectivity index (χ2v) is 4.29. The van der Waals surface area contributed by atoms with Crippen LogP contribution in [0.15, 0.2) is 18.0 Å². The van der Waals surface area contributed by atoms with Crippen LogP contribution in [0.5, 0.6) is 0 Å².